The molecule has 1 aromatic carbocycles. The van der Waals surface area contributed by atoms with E-state index in [9.17, 15) is 9.59 Å². The third-order valence-electron chi connectivity index (χ3n) is 4.51. The number of Topliss-reactive ketones (excluding diaryl/α,β-unsaturated/α-hetero) is 1. The van der Waals surface area contributed by atoms with E-state index < -0.39 is 5.97 Å². The lowest BCUT2D eigenvalue weighted by Gasteiger charge is -2.18. The molecule has 1 aliphatic rings. The Kier molecular flexibility index (Phi) is 5.99. The van der Waals surface area contributed by atoms with E-state index in [-0.39, 0.29) is 12.4 Å². The highest BCUT2D eigenvalue weighted by molar-refractivity contribution is 6.00. The quantitative estimate of drug-likeness (QED) is 0.318. The second-order valence-electron chi connectivity index (χ2n) is 6.45. The monoisotopic (exact) mass is 381 g/mol. The Morgan fingerprint density at radius 1 is 1.18 bits per heavy atom. The number of esters is 1. The van der Waals surface area contributed by atoms with Crippen LogP contribution in [0.4, 0.5) is 0 Å². The van der Waals surface area contributed by atoms with E-state index in [0.29, 0.717) is 36.8 Å². The number of carbonyl (C=O) groups excluding carboxylic acids is 2. The van der Waals surface area contributed by atoms with Gasteiger partial charge in [0.2, 0.25) is 5.78 Å². The minimum atomic E-state index is -0.580. The van der Waals surface area contributed by atoms with Crippen molar-refractivity contribution in [1.29, 1.82) is 0 Å². The van der Waals surface area contributed by atoms with Crippen LogP contribution in [0.2, 0.25) is 0 Å². The smallest absolute Gasteiger partial charge is 0.331 e. The summed E-state index contributed by atoms with van der Waals surface area (Å²) in [6.45, 7) is 8.87. The SMILES string of the molecule is C=CCn1c(C)cc(C(=O)COC(=O)/C=C/c2ccc3c(c2)OCCO3)c1C. The number of fused-ring (bicyclic) bond motifs is 1. The van der Waals surface area contributed by atoms with E-state index in [0.717, 1.165) is 17.0 Å². The standard InChI is InChI=1S/C22H23NO5/c1-4-9-23-15(2)12-18(16(23)3)19(24)14-28-22(25)8-6-17-5-7-20-21(13-17)27-11-10-26-20/h4-8,12-13H,1,9-11,14H2,2-3H3/b8-6+. The van der Waals surface area contributed by atoms with Crippen LogP contribution >= 0.6 is 0 Å². The van der Waals surface area contributed by atoms with Gasteiger partial charge in [0.25, 0.3) is 0 Å². The summed E-state index contributed by atoms with van der Waals surface area (Å²) in [5.41, 5.74) is 3.14. The molecule has 0 unspecified atom stereocenters. The molecule has 1 aromatic heterocycles. The number of carbonyl (C=O) groups is 2. The molecule has 6 heteroatoms. The van der Waals surface area contributed by atoms with Gasteiger partial charge in [0.15, 0.2) is 18.1 Å². The Balaban J connectivity index is 1.58. The van der Waals surface area contributed by atoms with E-state index in [4.69, 9.17) is 14.2 Å². The summed E-state index contributed by atoms with van der Waals surface area (Å²) in [5.74, 6) is 0.519. The second-order valence-corrected chi connectivity index (χ2v) is 6.45. The largest absolute Gasteiger partial charge is 0.486 e. The van der Waals surface area contributed by atoms with Crippen molar-refractivity contribution in [3.63, 3.8) is 0 Å². The summed E-state index contributed by atoms with van der Waals surface area (Å²) in [4.78, 5) is 24.4. The van der Waals surface area contributed by atoms with Gasteiger partial charge in [-0.2, -0.15) is 0 Å². The van der Waals surface area contributed by atoms with Crippen LogP contribution in [-0.4, -0.2) is 36.1 Å². The molecule has 0 fully saturated rings. The van der Waals surface area contributed by atoms with Gasteiger partial charge in [-0.25, -0.2) is 4.79 Å². The van der Waals surface area contributed by atoms with Gasteiger partial charge in [-0.15, -0.1) is 6.58 Å². The zero-order chi connectivity index (χ0) is 20.1. The second kappa shape index (κ2) is 8.61. The molecule has 0 spiro atoms. The third kappa shape index (κ3) is 4.34. The first-order chi connectivity index (χ1) is 13.5. The molecule has 146 valence electrons. The number of hydrogen-bond acceptors (Lipinski definition) is 5. The fourth-order valence-corrected chi connectivity index (χ4v) is 3.08. The molecule has 2 aromatic rings. The number of aryl methyl sites for hydroxylation is 1. The average Bonchev–Trinajstić information content (AvgIpc) is 2.99. The van der Waals surface area contributed by atoms with Crippen molar-refractivity contribution in [2.45, 2.75) is 20.4 Å². The first kappa shape index (κ1) is 19.5. The molecule has 1 aliphatic heterocycles. The molecule has 0 saturated carbocycles. The zero-order valence-electron chi connectivity index (χ0n) is 16.1. The summed E-state index contributed by atoms with van der Waals surface area (Å²) in [5, 5.41) is 0. The molecular formula is C22H23NO5. The normalized spacial score (nSPS) is 12.8. The maximum Gasteiger partial charge on any atom is 0.331 e. The van der Waals surface area contributed by atoms with Crippen molar-refractivity contribution in [1.82, 2.24) is 4.57 Å². The molecule has 2 heterocycles. The topological polar surface area (TPSA) is 66.8 Å². The van der Waals surface area contributed by atoms with Crippen molar-refractivity contribution in [3.8, 4) is 11.5 Å². The van der Waals surface area contributed by atoms with Crippen LogP contribution in [0.3, 0.4) is 0 Å². The molecule has 28 heavy (non-hydrogen) atoms. The number of allylic oxidation sites excluding steroid dienone is 1. The number of rotatable bonds is 7. The number of ketones is 1. The lowest BCUT2D eigenvalue weighted by molar-refractivity contribution is -0.136. The Morgan fingerprint density at radius 3 is 2.68 bits per heavy atom. The molecule has 0 radical (unpaired) electrons. The minimum absolute atomic E-state index is 0.232. The maximum atomic E-state index is 12.4. The number of aromatic nitrogens is 1. The highest BCUT2D eigenvalue weighted by Gasteiger charge is 2.16. The van der Waals surface area contributed by atoms with E-state index in [2.05, 4.69) is 6.58 Å². The van der Waals surface area contributed by atoms with E-state index in [1.807, 2.05) is 24.5 Å². The first-order valence-electron chi connectivity index (χ1n) is 9.05. The molecule has 0 bridgehead atoms. The molecule has 0 amide bonds. The molecule has 6 nitrogen and oxygen atoms in total. The van der Waals surface area contributed by atoms with Gasteiger partial charge >= 0.3 is 5.97 Å². The van der Waals surface area contributed by atoms with Crippen LogP contribution in [0.25, 0.3) is 6.08 Å². The third-order valence-corrected chi connectivity index (χ3v) is 4.51. The average molecular weight is 381 g/mol. The number of ether oxygens (including phenoxy) is 3. The van der Waals surface area contributed by atoms with Gasteiger partial charge < -0.3 is 18.8 Å². The van der Waals surface area contributed by atoms with Crippen molar-refractivity contribution < 1.29 is 23.8 Å². The number of hydrogen-bond donors (Lipinski definition) is 0. The van der Waals surface area contributed by atoms with Gasteiger partial charge in [0.05, 0.1) is 0 Å². The Bertz CT molecular complexity index is 939. The fraction of sp³-hybridized carbons (Fsp3) is 0.273. The van der Waals surface area contributed by atoms with E-state index in [1.54, 1.807) is 30.4 Å². The van der Waals surface area contributed by atoms with Crippen molar-refractivity contribution in [3.05, 3.63) is 65.5 Å². The van der Waals surface area contributed by atoms with E-state index >= 15 is 0 Å². The summed E-state index contributed by atoms with van der Waals surface area (Å²) in [7, 11) is 0. The highest BCUT2D eigenvalue weighted by atomic mass is 16.6. The van der Waals surface area contributed by atoms with Gasteiger partial charge in [-0.1, -0.05) is 12.1 Å². The fourth-order valence-electron chi connectivity index (χ4n) is 3.08. The first-order valence-corrected chi connectivity index (χ1v) is 9.05. The molecule has 0 N–H and O–H groups in total. The van der Waals surface area contributed by atoms with Gasteiger partial charge in [0.1, 0.15) is 13.2 Å². The molecule has 0 atom stereocenters. The van der Waals surface area contributed by atoms with Crippen LogP contribution in [-0.2, 0) is 16.1 Å². The van der Waals surface area contributed by atoms with Crippen LogP contribution in [0.1, 0.15) is 27.3 Å². The number of benzene rings is 1. The van der Waals surface area contributed by atoms with Crippen LogP contribution in [0.5, 0.6) is 11.5 Å². The molecular weight excluding hydrogens is 358 g/mol. The minimum Gasteiger partial charge on any atom is -0.486 e. The number of nitrogens with zero attached hydrogens (tertiary/aromatic N) is 1. The lowest BCUT2D eigenvalue weighted by atomic mass is 10.1. The van der Waals surface area contributed by atoms with Crippen LogP contribution in [0, 0.1) is 13.8 Å². The van der Waals surface area contributed by atoms with Gasteiger partial charge in [-0.3, -0.25) is 4.79 Å². The highest BCUT2D eigenvalue weighted by Crippen LogP contribution is 2.31. The van der Waals surface area contributed by atoms with Crippen molar-refractivity contribution in [2.24, 2.45) is 0 Å². The summed E-state index contributed by atoms with van der Waals surface area (Å²) in [6.07, 6.45) is 4.68. The lowest BCUT2D eigenvalue weighted by Crippen LogP contribution is -2.15. The van der Waals surface area contributed by atoms with E-state index in [1.165, 1.54) is 6.08 Å². The zero-order valence-corrected chi connectivity index (χ0v) is 16.1. The summed E-state index contributed by atoms with van der Waals surface area (Å²) < 4.78 is 18.1. The Morgan fingerprint density at radius 2 is 1.93 bits per heavy atom. The van der Waals surface area contributed by atoms with Crippen LogP contribution in [0.15, 0.2) is 43.0 Å². The van der Waals surface area contributed by atoms with Crippen LogP contribution < -0.4 is 9.47 Å². The van der Waals surface area contributed by atoms with Crippen molar-refractivity contribution in [2.75, 3.05) is 19.8 Å². The van der Waals surface area contributed by atoms with Crippen molar-refractivity contribution >= 4 is 17.8 Å². The summed E-state index contributed by atoms with van der Waals surface area (Å²) in [6, 6.07) is 7.21. The van der Waals surface area contributed by atoms with Gasteiger partial charge in [0, 0.05) is 29.6 Å². The molecule has 0 aliphatic carbocycles. The van der Waals surface area contributed by atoms with Gasteiger partial charge in [-0.05, 0) is 43.7 Å². The maximum absolute atomic E-state index is 12.4. The molecule has 0 saturated heterocycles. The summed E-state index contributed by atoms with van der Waals surface area (Å²) >= 11 is 0. The predicted octanol–water partition coefficient (Wildman–Crippen LogP) is 3.50. The Hall–Kier alpha value is -3.28. The molecule has 3 rings (SSSR count). The Labute approximate surface area is 164 Å². The predicted molar refractivity (Wildman–Crippen MR) is 106 cm³/mol.